The van der Waals surface area contributed by atoms with Crippen molar-refractivity contribution in [2.75, 3.05) is 6.61 Å². The SMILES string of the molecule is CCCCCCC/C=C/[C@@H](O)[C@H](CO)NC(=O)OC(C)(C)C. The number of hydrogen-bond acceptors (Lipinski definition) is 4. The van der Waals surface area contributed by atoms with Crippen LogP contribution in [0.4, 0.5) is 4.79 Å². The van der Waals surface area contributed by atoms with Crippen LogP contribution in [-0.2, 0) is 4.74 Å². The summed E-state index contributed by atoms with van der Waals surface area (Å²) >= 11 is 0. The van der Waals surface area contributed by atoms with E-state index >= 15 is 0 Å². The predicted octanol–water partition coefficient (Wildman–Crippen LogP) is 3.15. The highest BCUT2D eigenvalue weighted by Crippen LogP contribution is 2.08. The molecule has 0 heterocycles. The third-order valence-electron chi connectivity index (χ3n) is 3.12. The molecule has 0 aliphatic carbocycles. The van der Waals surface area contributed by atoms with Gasteiger partial charge in [-0.2, -0.15) is 0 Å². The summed E-state index contributed by atoms with van der Waals surface area (Å²) in [5.74, 6) is 0. The van der Waals surface area contributed by atoms with Crippen LogP contribution < -0.4 is 5.32 Å². The number of alkyl carbamates (subject to hydrolysis) is 1. The van der Waals surface area contributed by atoms with Crippen molar-refractivity contribution in [3.8, 4) is 0 Å². The number of unbranched alkanes of at least 4 members (excludes halogenated alkanes) is 5. The highest BCUT2D eigenvalue weighted by molar-refractivity contribution is 5.68. The van der Waals surface area contributed by atoms with E-state index < -0.39 is 23.8 Å². The van der Waals surface area contributed by atoms with Crippen LogP contribution in [0.25, 0.3) is 0 Å². The monoisotopic (exact) mass is 315 g/mol. The molecule has 0 spiro atoms. The third-order valence-corrected chi connectivity index (χ3v) is 3.12. The van der Waals surface area contributed by atoms with E-state index in [4.69, 9.17) is 4.74 Å². The molecule has 0 fully saturated rings. The van der Waals surface area contributed by atoms with E-state index in [-0.39, 0.29) is 6.61 Å². The molecule has 0 radical (unpaired) electrons. The summed E-state index contributed by atoms with van der Waals surface area (Å²) in [7, 11) is 0. The number of rotatable bonds is 10. The Morgan fingerprint density at radius 2 is 1.86 bits per heavy atom. The number of nitrogens with one attached hydrogen (secondary N) is 1. The van der Waals surface area contributed by atoms with Crippen molar-refractivity contribution < 1.29 is 19.7 Å². The van der Waals surface area contributed by atoms with Gasteiger partial charge in [0.05, 0.1) is 18.8 Å². The molecule has 0 unspecified atom stereocenters. The molecule has 0 rings (SSSR count). The molecule has 5 nitrogen and oxygen atoms in total. The van der Waals surface area contributed by atoms with Crippen LogP contribution in [0.2, 0.25) is 0 Å². The third kappa shape index (κ3) is 11.6. The fourth-order valence-corrected chi connectivity index (χ4v) is 1.93. The minimum Gasteiger partial charge on any atom is -0.444 e. The van der Waals surface area contributed by atoms with E-state index in [2.05, 4.69) is 12.2 Å². The maximum Gasteiger partial charge on any atom is 0.408 e. The maximum absolute atomic E-state index is 11.6. The number of aliphatic hydroxyl groups excluding tert-OH is 2. The highest BCUT2D eigenvalue weighted by Gasteiger charge is 2.22. The number of aliphatic hydroxyl groups is 2. The van der Waals surface area contributed by atoms with Gasteiger partial charge in [0.15, 0.2) is 0 Å². The number of hydrogen-bond donors (Lipinski definition) is 3. The first kappa shape index (κ1) is 20.9. The summed E-state index contributed by atoms with van der Waals surface area (Å²) in [6.07, 6.45) is 8.86. The average Bonchev–Trinajstić information content (AvgIpc) is 2.41. The highest BCUT2D eigenvalue weighted by atomic mass is 16.6. The van der Waals surface area contributed by atoms with Gasteiger partial charge in [0.25, 0.3) is 0 Å². The standard InChI is InChI=1S/C17H33NO4/c1-5-6-7-8-9-10-11-12-15(20)14(13-19)18-16(21)22-17(2,3)4/h11-12,14-15,19-20H,5-10,13H2,1-4H3,(H,18,21)/b12-11+/t14-,15+/m0/s1. The van der Waals surface area contributed by atoms with E-state index in [1.807, 2.05) is 6.08 Å². The maximum atomic E-state index is 11.6. The zero-order valence-electron chi connectivity index (χ0n) is 14.5. The number of allylic oxidation sites excluding steroid dienone is 1. The van der Waals surface area contributed by atoms with Gasteiger partial charge in [-0.3, -0.25) is 0 Å². The van der Waals surface area contributed by atoms with Crippen molar-refractivity contribution in [2.45, 2.75) is 84.0 Å². The molecular weight excluding hydrogens is 282 g/mol. The van der Waals surface area contributed by atoms with E-state index in [1.165, 1.54) is 25.7 Å². The lowest BCUT2D eigenvalue weighted by molar-refractivity contribution is 0.0405. The normalized spacial score (nSPS) is 14.8. The van der Waals surface area contributed by atoms with Crippen molar-refractivity contribution in [2.24, 2.45) is 0 Å². The number of carbonyl (C=O) groups is 1. The summed E-state index contributed by atoms with van der Waals surface area (Å²) in [6, 6.07) is -0.758. The molecule has 22 heavy (non-hydrogen) atoms. The first-order chi connectivity index (χ1) is 10.3. The van der Waals surface area contributed by atoms with E-state index in [0.29, 0.717) is 0 Å². The Bertz CT molecular complexity index is 323. The van der Waals surface area contributed by atoms with Crippen LogP contribution in [0.5, 0.6) is 0 Å². The second-order valence-electron chi connectivity index (χ2n) is 6.56. The molecule has 0 bridgehead atoms. The minimum atomic E-state index is -0.923. The van der Waals surface area contributed by atoms with Crippen molar-refractivity contribution in [1.82, 2.24) is 5.32 Å². The fraction of sp³-hybridized carbons (Fsp3) is 0.824. The number of carbonyl (C=O) groups excluding carboxylic acids is 1. The fourth-order valence-electron chi connectivity index (χ4n) is 1.93. The molecule has 0 aliphatic rings. The molecule has 3 N–H and O–H groups in total. The van der Waals surface area contributed by atoms with Gasteiger partial charge in [-0.05, 0) is 33.6 Å². The molecule has 2 atom stereocenters. The first-order valence-corrected chi connectivity index (χ1v) is 8.25. The Kier molecular flexibility index (Phi) is 10.9. The van der Waals surface area contributed by atoms with Gasteiger partial charge < -0.3 is 20.3 Å². The average molecular weight is 315 g/mol. The van der Waals surface area contributed by atoms with Crippen LogP contribution >= 0.6 is 0 Å². The molecule has 0 aromatic carbocycles. The summed E-state index contributed by atoms with van der Waals surface area (Å²) in [6.45, 7) is 7.12. The molecular formula is C17H33NO4. The van der Waals surface area contributed by atoms with Crippen molar-refractivity contribution in [1.29, 1.82) is 0 Å². The molecule has 0 aromatic heterocycles. The predicted molar refractivity (Wildman–Crippen MR) is 88.8 cm³/mol. The van der Waals surface area contributed by atoms with E-state index in [1.54, 1.807) is 26.8 Å². The summed E-state index contributed by atoms with van der Waals surface area (Å²) in [5.41, 5.74) is -0.608. The van der Waals surface area contributed by atoms with Crippen molar-refractivity contribution >= 4 is 6.09 Å². The molecule has 1 amide bonds. The Morgan fingerprint density at radius 1 is 1.23 bits per heavy atom. The Balaban J connectivity index is 4.08. The molecule has 0 saturated carbocycles. The Morgan fingerprint density at radius 3 is 2.41 bits per heavy atom. The molecule has 0 aromatic rings. The second kappa shape index (κ2) is 11.5. The van der Waals surface area contributed by atoms with Gasteiger partial charge in [0.2, 0.25) is 0 Å². The van der Waals surface area contributed by atoms with Crippen LogP contribution in [-0.4, -0.2) is 40.7 Å². The molecule has 0 aliphatic heterocycles. The van der Waals surface area contributed by atoms with Crippen molar-refractivity contribution in [3.05, 3.63) is 12.2 Å². The zero-order valence-corrected chi connectivity index (χ0v) is 14.5. The lowest BCUT2D eigenvalue weighted by Crippen LogP contribution is -2.47. The topological polar surface area (TPSA) is 78.8 Å². The lowest BCUT2D eigenvalue weighted by atomic mass is 10.1. The number of amides is 1. The summed E-state index contributed by atoms with van der Waals surface area (Å²) in [5, 5.41) is 21.7. The smallest absolute Gasteiger partial charge is 0.408 e. The van der Waals surface area contributed by atoms with Crippen LogP contribution in [0, 0.1) is 0 Å². The zero-order chi connectivity index (χ0) is 17.0. The first-order valence-electron chi connectivity index (χ1n) is 8.25. The second-order valence-corrected chi connectivity index (χ2v) is 6.56. The van der Waals surface area contributed by atoms with Crippen LogP contribution in [0.3, 0.4) is 0 Å². The van der Waals surface area contributed by atoms with Crippen molar-refractivity contribution in [3.63, 3.8) is 0 Å². The lowest BCUT2D eigenvalue weighted by Gasteiger charge is -2.24. The Hall–Kier alpha value is -1.07. The van der Waals surface area contributed by atoms with Gasteiger partial charge in [0.1, 0.15) is 5.60 Å². The van der Waals surface area contributed by atoms with E-state index in [9.17, 15) is 15.0 Å². The van der Waals surface area contributed by atoms with Crippen LogP contribution in [0.15, 0.2) is 12.2 Å². The van der Waals surface area contributed by atoms with Gasteiger partial charge in [-0.1, -0.05) is 44.8 Å². The molecule has 130 valence electrons. The summed E-state index contributed by atoms with van der Waals surface area (Å²) < 4.78 is 5.10. The molecule has 0 saturated heterocycles. The molecule has 5 heteroatoms. The van der Waals surface area contributed by atoms with Crippen LogP contribution in [0.1, 0.15) is 66.2 Å². The Labute approximate surface area is 134 Å². The largest absolute Gasteiger partial charge is 0.444 e. The van der Waals surface area contributed by atoms with E-state index in [0.717, 1.165) is 12.8 Å². The van der Waals surface area contributed by atoms with Gasteiger partial charge in [-0.25, -0.2) is 4.79 Å². The van der Waals surface area contributed by atoms with Gasteiger partial charge in [0, 0.05) is 0 Å². The van der Waals surface area contributed by atoms with Gasteiger partial charge >= 0.3 is 6.09 Å². The summed E-state index contributed by atoms with van der Waals surface area (Å²) in [4.78, 5) is 11.6. The number of ether oxygens (including phenoxy) is 1. The minimum absolute atomic E-state index is 0.346. The quantitative estimate of drug-likeness (QED) is 0.427. The van der Waals surface area contributed by atoms with Gasteiger partial charge in [-0.15, -0.1) is 0 Å².